The normalized spacial score (nSPS) is 11.0. The molecule has 0 aliphatic carbocycles. The molecule has 6 nitrogen and oxygen atoms in total. The highest BCUT2D eigenvalue weighted by Crippen LogP contribution is 1.95. The second kappa shape index (κ2) is 13.5. The lowest BCUT2D eigenvalue weighted by molar-refractivity contribution is -0.145. The summed E-state index contributed by atoms with van der Waals surface area (Å²) in [5.41, 5.74) is 0. The van der Waals surface area contributed by atoms with Crippen LogP contribution in [0.4, 0.5) is 0 Å². The Morgan fingerprint density at radius 3 is 1.41 bits per heavy atom. The van der Waals surface area contributed by atoms with Crippen LogP contribution in [0, 0.1) is 0 Å². The van der Waals surface area contributed by atoms with Crippen molar-refractivity contribution in [3.63, 3.8) is 0 Å². The number of ether oxygens (including phenoxy) is 2. The van der Waals surface area contributed by atoms with Gasteiger partial charge in [0.05, 0.1) is 26.1 Å². The van der Waals surface area contributed by atoms with Crippen LogP contribution in [-0.2, 0) is 19.1 Å². The zero-order valence-corrected chi connectivity index (χ0v) is 14.6. The smallest absolute Gasteiger partial charge is 0.307 e. The third-order valence-corrected chi connectivity index (χ3v) is 3.19. The maximum Gasteiger partial charge on any atom is 0.307 e. The van der Waals surface area contributed by atoms with E-state index in [4.69, 9.17) is 9.47 Å². The number of carbonyl (C=O) groups is 2. The predicted octanol–water partition coefficient (Wildman–Crippen LogP) is 1.54. The summed E-state index contributed by atoms with van der Waals surface area (Å²) in [6.07, 6.45) is 2.55. The van der Waals surface area contributed by atoms with Crippen molar-refractivity contribution in [1.82, 2.24) is 9.80 Å². The van der Waals surface area contributed by atoms with E-state index in [9.17, 15) is 9.59 Å². The average Bonchev–Trinajstić information content (AvgIpc) is 2.52. The molecule has 0 bridgehead atoms. The number of hydrogen-bond donors (Lipinski definition) is 0. The Bertz CT molecular complexity index is 281. The fraction of sp³-hybridized carbons (Fsp3) is 0.875. The molecule has 0 saturated heterocycles. The summed E-state index contributed by atoms with van der Waals surface area (Å²) >= 11 is 0. The van der Waals surface area contributed by atoms with Crippen LogP contribution in [0.5, 0.6) is 0 Å². The first-order valence-electron chi connectivity index (χ1n) is 8.17. The second-order valence-corrected chi connectivity index (χ2v) is 5.55. The zero-order chi connectivity index (χ0) is 16.8. The molecule has 0 aliphatic heterocycles. The predicted molar refractivity (Wildman–Crippen MR) is 86.7 cm³/mol. The van der Waals surface area contributed by atoms with E-state index in [1.807, 2.05) is 27.9 Å². The summed E-state index contributed by atoms with van der Waals surface area (Å²) in [6, 6.07) is 0. The van der Waals surface area contributed by atoms with Crippen LogP contribution >= 0.6 is 0 Å². The minimum Gasteiger partial charge on any atom is -0.466 e. The molecule has 0 unspecified atom stereocenters. The van der Waals surface area contributed by atoms with Gasteiger partial charge >= 0.3 is 11.9 Å². The fourth-order valence-corrected chi connectivity index (χ4v) is 1.71. The Balaban J connectivity index is 3.65. The standard InChI is InChI=1S/C16H32N2O4/c1-5-13-21-15(19)7-9-17(3)11-12-18(4)10-8-16(20)22-14-6-2/h5-14H2,1-4H3. The largest absolute Gasteiger partial charge is 0.466 e. The molecule has 0 aliphatic rings. The molecule has 6 heteroatoms. The average molecular weight is 316 g/mol. The SMILES string of the molecule is CCCOC(=O)CCN(C)CCN(C)CCC(=O)OCCC. The molecule has 22 heavy (non-hydrogen) atoms. The minimum absolute atomic E-state index is 0.138. The Kier molecular flexibility index (Phi) is 12.8. The maximum atomic E-state index is 11.4. The molecular weight excluding hydrogens is 284 g/mol. The van der Waals surface area contributed by atoms with Crippen molar-refractivity contribution in [2.75, 3.05) is 53.5 Å². The molecule has 0 aromatic carbocycles. The first-order chi connectivity index (χ1) is 10.5. The highest BCUT2D eigenvalue weighted by atomic mass is 16.5. The van der Waals surface area contributed by atoms with Gasteiger partial charge in [0.25, 0.3) is 0 Å². The lowest BCUT2D eigenvalue weighted by atomic mass is 10.3. The Morgan fingerprint density at radius 2 is 1.09 bits per heavy atom. The summed E-state index contributed by atoms with van der Waals surface area (Å²) < 4.78 is 10.1. The lowest BCUT2D eigenvalue weighted by Crippen LogP contribution is -2.33. The molecule has 0 radical (unpaired) electrons. The second-order valence-electron chi connectivity index (χ2n) is 5.55. The Labute approximate surface area is 134 Å². The van der Waals surface area contributed by atoms with Gasteiger partial charge in [0.2, 0.25) is 0 Å². The molecule has 0 atom stereocenters. The number of likely N-dealkylation sites (N-methyl/N-ethyl adjacent to an activating group) is 2. The molecule has 0 heterocycles. The van der Waals surface area contributed by atoms with Crippen molar-refractivity contribution in [1.29, 1.82) is 0 Å². The molecule has 0 fully saturated rings. The van der Waals surface area contributed by atoms with Gasteiger partial charge in [-0.3, -0.25) is 9.59 Å². The van der Waals surface area contributed by atoms with Gasteiger partial charge in [-0.05, 0) is 26.9 Å². The van der Waals surface area contributed by atoms with Crippen molar-refractivity contribution in [3.8, 4) is 0 Å². The Hall–Kier alpha value is -1.14. The van der Waals surface area contributed by atoms with Crippen LogP contribution < -0.4 is 0 Å². The topological polar surface area (TPSA) is 59.1 Å². The Morgan fingerprint density at radius 1 is 0.727 bits per heavy atom. The maximum absolute atomic E-state index is 11.4. The van der Waals surface area contributed by atoms with E-state index in [1.54, 1.807) is 0 Å². The zero-order valence-electron chi connectivity index (χ0n) is 14.6. The van der Waals surface area contributed by atoms with Crippen LogP contribution in [-0.4, -0.2) is 75.2 Å². The molecule has 130 valence electrons. The molecule has 0 aromatic heterocycles. The summed E-state index contributed by atoms with van der Waals surface area (Å²) in [5.74, 6) is -0.276. The van der Waals surface area contributed by atoms with Crippen molar-refractivity contribution >= 4 is 11.9 Å². The van der Waals surface area contributed by atoms with Crippen LogP contribution in [0.1, 0.15) is 39.5 Å². The summed E-state index contributed by atoms with van der Waals surface area (Å²) in [5, 5.41) is 0. The number of nitrogens with zero attached hydrogens (tertiary/aromatic N) is 2. The van der Waals surface area contributed by atoms with Crippen molar-refractivity contribution in [2.45, 2.75) is 39.5 Å². The molecule has 0 rings (SSSR count). The molecule has 0 spiro atoms. The van der Waals surface area contributed by atoms with E-state index in [2.05, 4.69) is 9.80 Å². The fourth-order valence-electron chi connectivity index (χ4n) is 1.71. The third-order valence-electron chi connectivity index (χ3n) is 3.19. The number of esters is 2. The van der Waals surface area contributed by atoms with Gasteiger partial charge in [0.1, 0.15) is 0 Å². The monoisotopic (exact) mass is 316 g/mol. The van der Waals surface area contributed by atoms with Gasteiger partial charge < -0.3 is 19.3 Å². The van der Waals surface area contributed by atoms with Gasteiger partial charge in [-0.1, -0.05) is 13.8 Å². The van der Waals surface area contributed by atoms with Crippen LogP contribution in [0.15, 0.2) is 0 Å². The molecule has 0 N–H and O–H groups in total. The third kappa shape index (κ3) is 12.6. The summed E-state index contributed by atoms with van der Waals surface area (Å²) in [7, 11) is 3.97. The molecule has 0 amide bonds. The lowest BCUT2D eigenvalue weighted by Gasteiger charge is -2.21. The number of rotatable bonds is 13. The first-order valence-corrected chi connectivity index (χ1v) is 8.17. The van der Waals surface area contributed by atoms with Crippen LogP contribution in [0.3, 0.4) is 0 Å². The van der Waals surface area contributed by atoms with Gasteiger partial charge in [-0.15, -0.1) is 0 Å². The van der Waals surface area contributed by atoms with E-state index in [0.717, 1.165) is 25.9 Å². The van der Waals surface area contributed by atoms with Crippen LogP contribution in [0.25, 0.3) is 0 Å². The number of hydrogen-bond acceptors (Lipinski definition) is 6. The van der Waals surface area contributed by atoms with Crippen molar-refractivity contribution in [3.05, 3.63) is 0 Å². The minimum atomic E-state index is -0.138. The van der Waals surface area contributed by atoms with Gasteiger partial charge in [0.15, 0.2) is 0 Å². The van der Waals surface area contributed by atoms with E-state index in [0.29, 0.717) is 39.1 Å². The first kappa shape index (κ1) is 20.9. The van der Waals surface area contributed by atoms with Crippen molar-refractivity contribution < 1.29 is 19.1 Å². The highest BCUT2D eigenvalue weighted by molar-refractivity contribution is 5.69. The van der Waals surface area contributed by atoms with E-state index >= 15 is 0 Å². The van der Waals surface area contributed by atoms with E-state index < -0.39 is 0 Å². The number of carbonyl (C=O) groups excluding carboxylic acids is 2. The van der Waals surface area contributed by atoms with E-state index in [1.165, 1.54) is 0 Å². The molecular formula is C16H32N2O4. The summed E-state index contributed by atoms with van der Waals surface area (Å²) in [6.45, 7) is 8.03. The van der Waals surface area contributed by atoms with Crippen LogP contribution in [0.2, 0.25) is 0 Å². The molecule has 0 aromatic rings. The van der Waals surface area contributed by atoms with Crippen molar-refractivity contribution in [2.24, 2.45) is 0 Å². The van der Waals surface area contributed by atoms with Gasteiger partial charge in [-0.2, -0.15) is 0 Å². The highest BCUT2D eigenvalue weighted by Gasteiger charge is 2.08. The van der Waals surface area contributed by atoms with Gasteiger partial charge in [-0.25, -0.2) is 0 Å². The summed E-state index contributed by atoms with van der Waals surface area (Å²) in [4.78, 5) is 27.0. The van der Waals surface area contributed by atoms with Gasteiger partial charge in [0, 0.05) is 26.2 Å². The quantitative estimate of drug-likeness (QED) is 0.480. The van der Waals surface area contributed by atoms with E-state index in [-0.39, 0.29) is 11.9 Å². The molecule has 0 saturated carbocycles.